The number of nitrogens with one attached hydrogen (secondary N) is 1. The van der Waals surface area contributed by atoms with Crippen LogP contribution in [0.3, 0.4) is 0 Å². The first-order chi connectivity index (χ1) is 11.4. The Kier molecular flexibility index (Phi) is 4.78. The predicted molar refractivity (Wildman–Crippen MR) is 90.1 cm³/mol. The number of carbonyl (C=O) groups is 1. The number of amides is 1. The highest BCUT2D eigenvalue weighted by Gasteiger charge is 2.32. The Morgan fingerprint density at radius 1 is 1.42 bits per heavy atom. The minimum absolute atomic E-state index is 0.0376. The first-order valence-electron chi connectivity index (χ1n) is 7.43. The van der Waals surface area contributed by atoms with Crippen LogP contribution in [-0.4, -0.2) is 17.9 Å². The number of aryl methyl sites for hydroxylation is 1. The first kappa shape index (κ1) is 17.2. The number of thiazole rings is 1. The molecule has 0 saturated heterocycles. The van der Waals surface area contributed by atoms with Crippen LogP contribution in [0.15, 0.2) is 11.4 Å². The van der Waals surface area contributed by atoms with Crippen molar-refractivity contribution in [3.05, 3.63) is 37.5 Å². The minimum atomic E-state index is -4.31. The van der Waals surface area contributed by atoms with Crippen molar-refractivity contribution in [2.45, 2.75) is 31.4 Å². The number of alkyl halides is 3. The molecular formula is C16H15F3N2OS2. The van der Waals surface area contributed by atoms with E-state index in [-0.39, 0.29) is 11.8 Å². The maximum atomic E-state index is 12.6. The Morgan fingerprint density at radius 3 is 2.88 bits per heavy atom. The molecule has 1 unspecified atom stereocenters. The summed E-state index contributed by atoms with van der Waals surface area (Å²) in [5, 5.41) is 4.85. The normalized spacial score (nSPS) is 17.9. The third-order valence-corrected chi connectivity index (χ3v) is 5.94. The Labute approximate surface area is 145 Å². The number of aromatic nitrogens is 1. The van der Waals surface area contributed by atoms with Crippen LogP contribution in [0, 0.1) is 0 Å². The summed E-state index contributed by atoms with van der Waals surface area (Å²) in [6.45, 7) is 0. The Bertz CT molecular complexity index is 777. The van der Waals surface area contributed by atoms with Gasteiger partial charge in [0.05, 0.1) is 11.6 Å². The molecule has 1 aliphatic carbocycles. The molecule has 0 saturated carbocycles. The van der Waals surface area contributed by atoms with Gasteiger partial charge in [-0.3, -0.25) is 4.79 Å². The van der Waals surface area contributed by atoms with E-state index in [2.05, 4.69) is 10.3 Å². The molecule has 0 spiro atoms. The second-order valence-electron chi connectivity index (χ2n) is 5.49. The molecule has 3 nitrogen and oxygen atoms in total. The van der Waals surface area contributed by atoms with E-state index >= 15 is 0 Å². The Balaban J connectivity index is 1.80. The molecule has 0 aliphatic heterocycles. The number of likely N-dealkylation sites (N-methyl/N-ethyl adjacent to an activating group) is 1. The van der Waals surface area contributed by atoms with Crippen LogP contribution in [0.1, 0.15) is 44.8 Å². The molecule has 0 fully saturated rings. The zero-order chi connectivity index (χ0) is 17.3. The van der Waals surface area contributed by atoms with Crippen LogP contribution in [0.2, 0.25) is 0 Å². The molecule has 2 heterocycles. The quantitative estimate of drug-likeness (QED) is 0.858. The fourth-order valence-electron chi connectivity index (χ4n) is 2.69. The topological polar surface area (TPSA) is 42.0 Å². The minimum Gasteiger partial charge on any atom is -0.359 e. The van der Waals surface area contributed by atoms with Gasteiger partial charge in [0.15, 0.2) is 0 Å². The maximum absolute atomic E-state index is 12.6. The monoisotopic (exact) mass is 372 g/mol. The molecule has 0 radical (unpaired) electrons. The average Bonchev–Trinajstić information content (AvgIpc) is 3.17. The van der Waals surface area contributed by atoms with Crippen molar-refractivity contribution in [2.75, 3.05) is 7.05 Å². The van der Waals surface area contributed by atoms with Gasteiger partial charge in [-0.15, -0.1) is 22.7 Å². The van der Waals surface area contributed by atoms with Gasteiger partial charge in [-0.1, -0.05) is 6.08 Å². The lowest BCUT2D eigenvalue weighted by Crippen LogP contribution is -2.28. The van der Waals surface area contributed by atoms with Crippen molar-refractivity contribution in [1.82, 2.24) is 10.3 Å². The van der Waals surface area contributed by atoms with Crippen LogP contribution < -0.4 is 5.32 Å². The highest BCUT2D eigenvalue weighted by molar-refractivity contribution is 7.12. The van der Waals surface area contributed by atoms with Gasteiger partial charge in [-0.2, -0.15) is 13.2 Å². The molecule has 2 aromatic heterocycles. The van der Waals surface area contributed by atoms with Gasteiger partial charge in [0, 0.05) is 11.9 Å². The molecule has 24 heavy (non-hydrogen) atoms. The number of hydrogen-bond donors (Lipinski definition) is 1. The molecule has 1 atom stereocenters. The maximum Gasteiger partial charge on any atom is 0.425 e. The number of carbonyl (C=O) groups excluding carboxylic acids is 1. The van der Waals surface area contributed by atoms with E-state index in [0.29, 0.717) is 16.9 Å². The van der Waals surface area contributed by atoms with Crippen molar-refractivity contribution in [2.24, 2.45) is 0 Å². The van der Waals surface area contributed by atoms with Crippen LogP contribution >= 0.6 is 22.7 Å². The van der Waals surface area contributed by atoms with E-state index in [9.17, 15) is 18.0 Å². The molecule has 1 aliphatic rings. The lowest BCUT2D eigenvalue weighted by atomic mass is 9.90. The lowest BCUT2D eigenvalue weighted by Gasteiger charge is -2.19. The van der Waals surface area contributed by atoms with E-state index in [1.54, 1.807) is 19.2 Å². The van der Waals surface area contributed by atoms with Crippen molar-refractivity contribution < 1.29 is 18.0 Å². The van der Waals surface area contributed by atoms with Crippen molar-refractivity contribution in [3.63, 3.8) is 0 Å². The zero-order valence-electron chi connectivity index (χ0n) is 12.8. The fourth-order valence-corrected chi connectivity index (χ4v) is 4.51. The van der Waals surface area contributed by atoms with Gasteiger partial charge in [-0.05, 0) is 42.3 Å². The second kappa shape index (κ2) is 6.68. The van der Waals surface area contributed by atoms with Gasteiger partial charge >= 0.3 is 6.18 Å². The molecule has 0 aromatic carbocycles. The molecule has 1 amide bonds. The number of hydrogen-bond acceptors (Lipinski definition) is 4. The highest BCUT2D eigenvalue weighted by Crippen LogP contribution is 2.36. The summed E-state index contributed by atoms with van der Waals surface area (Å²) >= 11 is 2.18. The molecule has 2 aromatic rings. The molecule has 128 valence electrons. The highest BCUT2D eigenvalue weighted by atomic mass is 32.1. The van der Waals surface area contributed by atoms with E-state index in [4.69, 9.17) is 0 Å². The smallest absolute Gasteiger partial charge is 0.359 e. The van der Waals surface area contributed by atoms with Crippen LogP contribution in [0.4, 0.5) is 13.2 Å². The van der Waals surface area contributed by atoms with Gasteiger partial charge in [0.25, 0.3) is 0 Å². The largest absolute Gasteiger partial charge is 0.425 e. The summed E-state index contributed by atoms with van der Waals surface area (Å²) in [5.41, 5.74) is 1.31. The molecule has 8 heteroatoms. The first-order valence-corrected chi connectivity index (χ1v) is 9.13. The third kappa shape index (κ3) is 3.54. The summed E-state index contributed by atoms with van der Waals surface area (Å²) < 4.78 is 37.8. The van der Waals surface area contributed by atoms with E-state index in [0.717, 1.165) is 40.9 Å². The summed E-state index contributed by atoms with van der Waals surface area (Å²) in [5.74, 6) is -0.264. The number of halogens is 3. The number of nitrogens with zero attached hydrogens (tertiary/aromatic N) is 1. The molecular weight excluding hydrogens is 357 g/mol. The van der Waals surface area contributed by atoms with E-state index < -0.39 is 11.1 Å². The van der Waals surface area contributed by atoms with Crippen molar-refractivity contribution in [3.8, 4) is 0 Å². The van der Waals surface area contributed by atoms with E-state index in [1.807, 2.05) is 0 Å². The number of fused-ring (bicyclic) bond motifs is 1. The third-order valence-electron chi connectivity index (χ3n) is 3.85. The SMILES string of the molecule is CNC(=O)C1CCCc2sc(C=Cc3csc(C(F)(F)F)c3)nc21. The second-order valence-corrected chi connectivity index (χ2v) is 7.52. The Morgan fingerprint density at radius 2 is 2.21 bits per heavy atom. The fraction of sp³-hybridized carbons (Fsp3) is 0.375. The lowest BCUT2D eigenvalue weighted by molar-refractivity contribution is -0.134. The van der Waals surface area contributed by atoms with Crippen molar-refractivity contribution in [1.29, 1.82) is 0 Å². The standard InChI is InChI=1S/C16H15F3N2OS2/c1-20-15(22)10-3-2-4-11-14(10)21-13(24-11)6-5-9-7-12(23-8-9)16(17,18)19/h5-8,10H,2-4H2,1H3,(H,20,22). The summed E-state index contributed by atoms with van der Waals surface area (Å²) in [6, 6.07) is 1.13. The van der Waals surface area contributed by atoms with Crippen LogP contribution in [-0.2, 0) is 17.4 Å². The summed E-state index contributed by atoms with van der Waals surface area (Å²) in [7, 11) is 1.61. The zero-order valence-corrected chi connectivity index (χ0v) is 14.4. The molecule has 3 rings (SSSR count). The van der Waals surface area contributed by atoms with Gasteiger partial charge in [0.1, 0.15) is 9.88 Å². The van der Waals surface area contributed by atoms with Gasteiger partial charge in [0.2, 0.25) is 5.91 Å². The summed E-state index contributed by atoms with van der Waals surface area (Å²) in [4.78, 5) is 17.0. The van der Waals surface area contributed by atoms with Gasteiger partial charge in [-0.25, -0.2) is 4.98 Å². The van der Waals surface area contributed by atoms with Crippen LogP contribution in [0.25, 0.3) is 12.2 Å². The molecule has 0 bridgehead atoms. The molecule has 1 N–H and O–H groups in total. The van der Waals surface area contributed by atoms with Crippen molar-refractivity contribution >= 4 is 40.7 Å². The van der Waals surface area contributed by atoms with Gasteiger partial charge < -0.3 is 5.32 Å². The number of thiophene rings is 1. The Hall–Kier alpha value is -1.67. The predicted octanol–water partition coefficient (Wildman–Crippen LogP) is 4.56. The van der Waals surface area contributed by atoms with Crippen LogP contribution in [0.5, 0.6) is 0 Å². The number of rotatable bonds is 3. The average molecular weight is 372 g/mol. The summed E-state index contributed by atoms with van der Waals surface area (Å²) in [6.07, 6.45) is 1.65. The van der Waals surface area contributed by atoms with E-state index in [1.165, 1.54) is 16.7 Å².